The van der Waals surface area contributed by atoms with Crippen molar-refractivity contribution in [2.75, 3.05) is 75.4 Å². The number of aromatic nitrogens is 4. The fourth-order valence-corrected chi connectivity index (χ4v) is 15.4. The van der Waals surface area contributed by atoms with Crippen molar-refractivity contribution in [1.29, 1.82) is 0 Å². The molecule has 82 heavy (non-hydrogen) atoms. The summed E-state index contributed by atoms with van der Waals surface area (Å²) in [6.45, 7) is 4.38. The highest BCUT2D eigenvalue weighted by Gasteiger charge is 2.48. The Morgan fingerprint density at radius 3 is 2.39 bits per heavy atom. The Hall–Kier alpha value is -5.69. The van der Waals surface area contributed by atoms with Gasteiger partial charge in [-0.15, -0.1) is 0 Å². The molecule has 0 bridgehead atoms. The zero-order valence-corrected chi connectivity index (χ0v) is 47.9. The zero-order valence-electron chi connectivity index (χ0n) is 45.2. The van der Waals surface area contributed by atoms with E-state index in [1.165, 1.54) is 37.9 Å². The van der Waals surface area contributed by atoms with Crippen LogP contribution in [-0.2, 0) is 62.1 Å². The van der Waals surface area contributed by atoms with Gasteiger partial charge in [-0.05, 0) is 87.1 Å². The first kappa shape index (κ1) is 58.1. The van der Waals surface area contributed by atoms with Gasteiger partial charge in [-0.2, -0.15) is 4.31 Å². The molecule has 5 aromatic rings. The number of aliphatic hydroxyl groups is 2. The molecule has 2 amide bonds. The number of aliphatic hydroxyl groups excluding tert-OH is 2. The summed E-state index contributed by atoms with van der Waals surface area (Å²) < 4.78 is 63.7. The van der Waals surface area contributed by atoms with E-state index in [0.717, 1.165) is 130 Å². The van der Waals surface area contributed by atoms with E-state index in [2.05, 4.69) is 66.4 Å². The number of anilines is 3. The topological polar surface area (TPSA) is 359 Å². The van der Waals surface area contributed by atoms with Crippen molar-refractivity contribution in [3.05, 3.63) is 92.2 Å². The van der Waals surface area contributed by atoms with Crippen LogP contribution in [0.25, 0.3) is 16.7 Å². The van der Waals surface area contributed by atoms with Gasteiger partial charge in [0.2, 0.25) is 17.2 Å². The maximum Gasteiger partial charge on any atom is 0.487 e. The van der Waals surface area contributed by atoms with Gasteiger partial charge >= 0.3 is 15.6 Å². The second kappa shape index (κ2) is 23.8. The maximum atomic E-state index is 14.7. The molecule has 11 rings (SSSR count). The number of unbranched alkanes of at least 4 members (excludes halogenated alkanes) is 3. The van der Waals surface area contributed by atoms with Crippen LogP contribution in [0.4, 0.5) is 17.5 Å². The third-order valence-corrected chi connectivity index (χ3v) is 19.8. The molecule has 29 heteroatoms. The summed E-state index contributed by atoms with van der Waals surface area (Å²) in [5.41, 5.74) is 16.6. The quantitative estimate of drug-likeness (QED) is 0.0275. The van der Waals surface area contributed by atoms with E-state index in [1.807, 2.05) is 18.2 Å². The predicted octanol–water partition coefficient (Wildman–Crippen LogP) is 2.82. The average molecular weight is 1190 g/mol. The molecule has 3 unspecified atom stereocenters. The standard InChI is InChI=1S/C53H67N10O16P3/c1-60(51(67)34-16-5-4-15-33(34)41-37-27-31-13-8-23-61-25-10-17-35(43(31)61)47(37)77-48-36-18-11-26-62-24-9-14-32(44(36)62)28-38(41)48)22-12-19-40(64)55-20-6-2-3-7-21-56-53-59-42-49(54)57-30-58-50(42)63(53)52-46(66)45(65)39(76-52)29-75-81(71,72)79-82(73,74)78-80(68,69)70/h4-5,15-16,27-28,30,39,45-46,52,54,65-66H,2-3,6-14,17-26,29H2,1H3,(H6,55,64,67,68,69,70,71,72,73,74)/t39-,45-,46-,52-/m1/s1. The number of nitrogens with two attached hydrogens (primary N) is 1. The molecule has 3 aromatic carbocycles. The summed E-state index contributed by atoms with van der Waals surface area (Å²) in [6, 6.07) is 12.7. The van der Waals surface area contributed by atoms with Crippen LogP contribution in [0.15, 0.2) is 42.7 Å². The number of nitrogens with zero attached hydrogens (tertiary/aromatic N) is 7. The molecule has 0 saturated carbocycles. The van der Waals surface area contributed by atoms with E-state index in [0.29, 0.717) is 44.5 Å². The molecule has 6 aliphatic heterocycles. The fourth-order valence-electron chi connectivity index (χ4n) is 12.4. The molecular weight excluding hydrogens is 1130 g/mol. The second-order valence-electron chi connectivity index (χ2n) is 21.6. The molecule has 0 aliphatic carbocycles. The van der Waals surface area contributed by atoms with Gasteiger partial charge in [-0.25, -0.2) is 33.0 Å². The molecule has 1 saturated heterocycles. The minimum absolute atomic E-state index is 0.0118. The van der Waals surface area contributed by atoms with Crippen molar-refractivity contribution in [2.45, 2.75) is 114 Å². The second-order valence-corrected chi connectivity index (χ2v) is 25.9. The Kier molecular flexibility index (Phi) is 16.8. The summed E-state index contributed by atoms with van der Waals surface area (Å²) in [7, 11) is -15.6. The highest BCUT2D eigenvalue weighted by atomic mass is 31.3. The molecule has 1 fully saturated rings. The van der Waals surface area contributed by atoms with Crippen LogP contribution in [0, 0.1) is 0 Å². The molecule has 9 N–H and O–H groups in total. The lowest BCUT2D eigenvalue weighted by molar-refractivity contribution is -0.212. The van der Waals surface area contributed by atoms with Crippen molar-refractivity contribution < 1.29 is 75.7 Å². The molecule has 6 aliphatic rings. The Labute approximate surface area is 471 Å². The van der Waals surface area contributed by atoms with Crippen molar-refractivity contribution >= 4 is 69.5 Å². The van der Waals surface area contributed by atoms with Crippen molar-refractivity contribution in [2.24, 2.45) is 0 Å². The van der Waals surface area contributed by atoms with E-state index in [1.54, 1.807) is 11.9 Å². The van der Waals surface area contributed by atoms with Gasteiger partial charge in [-0.1, -0.05) is 31.0 Å². The largest absolute Gasteiger partial charge is 0.756 e. The van der Waals surface area contributed by atoms with Crippen molar-refractivity contribution in [3.63, 3.8) is 0 Å². The Morgan fingerprint density at radius 2 is 1.60 bits per heavy atom. The number of ether oxygens (including phenoxy) is 2. The summed E-state index contributed by atoms with van der Waals surface area (Å²) in [5.74, 6) is 1.76. The number of hydrogen-bond acceptors (Lipinski definition) is 19. The zero-order chi connectivity index (χ0) is 57.7. The predicted molar refractivity (Wildman–Crippen MR) is 296 cm³/mol. The first-order valence-electron chi connectivity index (χ1n) is 27.8. The van der Waals surface area contributed by atoms with E-state index in [4.69, 9.17) is 20.1 Å². The lowest BCUT2D eigenvalue weighted by atomic mass is 9.81. The fraction of sp³-hybridized carbons (Fsp3) is 0.509. The number of fused-ring (bicyclic) bond motifs is 5. The number of phosphoric acid groups is 3. The van der Waals surface area contributed by atoms with Crippen LogP contribution in [0.2, 0.25) is 0 Å². The number of nitrogen functional groups attached to an aromatic ring is 1. The van der Waals surface area contributed by atoms with Crippen LogP contribution in [-0.4, -0.2) is 139 Å². The normalized spacial score (nSPS) is 22.0. The number of aryl methyl sites for hydroxylation is 2. The third-order valence-electron chi connectivity index (χ3n) is 16.0. The number of nitrogens with one attached hydrogen (secondary N) is 2. The van der Waals surface area contributed by atoms with Crippen LogP contribution in [0.1, 0.15) is 114 Å². The van der Waals surface area contributed by atoms with Gasteiger partial charge < -0.3 is 65.4 Å². The smallest absolute Gasteiger partial charge is 0.487 e. The minimum atomic E-state index is -5.88. The molecule has 8 heterocycles. The Bertz CT molecular complexity index is 3610. The van der Waals surface area contributed by atoms with E-state index in [-0.39, 0.29) is 41.2 Å². The summed E-state index contributed by atoms with van der Waals surface area (Å²) in [5, 5.41) is 30.4. The van der Waals surface area contributed by atoms with Crippen LogP contribution >= 0.6 is 23.5 Å². The Morgan fingerprint density at radius 1 is 0.866 bits per heavy atom. The van der Waals surface area contributed by atoms with E-state index >= 15 is 0 Å². The number of carbonyl (C=O) groups excluding carboxylic acids is 2. The average Bonchev–Trinajstić information content (AvgIpc) is 1.29. The molecule has 0 radical (unpaired) electrons. The highest BCUT2D eigenvalue weighted by molar-refractivity contribution is 7.66. The minimum Gasteiger partial charge on any atom is -0.756 e. The van der Waals surface area contributed by atoms with Crippen molar-refractivity contribution in [3.8, 4) is 11.5 Å². The number of amides is 2. The number of benzene rings is 3. The number of phosphoric ester groups is 1. The lowest BCUT2D eigenvalue weighted by Crippen LogP contribution is -2.45. The van der Waals surface area contributed by atoms with Gasteiger partial charge in [0.1, 0.15) is 49.2 Å². The van der Waals surface area contributed by atoms with Gasteiger partial charge in [-0.3, -0.25) is 23.2 Å². The number of imidazole rings is 1. The number of hydrogen-bond donors (Lipinski definition) is 8. The molecule has 26 nitrogen and oxygen atoms in total. The molecular formula is C53H67N10O16P3. The summed E-state index contributed by atoms with van der Waals surface area (Å²) >= 11 is 0. The third kappa shape index (κ3) is 12.0. The van der Waals surface area contributed by atoms with Gasteiger partial charge in [0.15, 0.2) is 23.2 Å². The van der Waals surface area contributed by atoms with Gasteiger partial charge in [0, 0.05) is 97.8 Å². The van der Waals surface area contributed by atoms with Crippen LogP contribution in [0.5, 0.6) is 11.5 Å². The van der Waals surface area contributed by atoms with Gasteiger partial charge in [0.05, 0.1) is 12.2 Å². The van der Waals surface area contributed by atoms with Crippen molar-refractivity contribution in [1.82, 2.24) is 34.3 Å². The monoisotopic (exact) mass is 1190 g/mol. The molecule has 7 atom stereocenters. The summed E-state index contributed by atoms with van der Waals surface area (Å²) in [4.78, 5) is 83.5. The van der Waals surface area contributed by atoms with Crippen LogP contribution in [0.3, 0.4) is 0 Å². The SMILES string of the molecule is CN(CCCC(=O)NCCCCCCNc1nc2c(N)ncnc2n1[C@@H]1O[C@H](COP(=O)(O)OP(=O)(O)OP(=O)([O-])O)[C@@H](O)[C@H]1O)C(=O)c1ccccc1C1=c2cc3c4c(c2Oc2c1cc1c5c2CCCN5CCC1)CCC[N+]=4CCC3. The van der Waals surface area contributed by atoms with Crippen LogP contribution < -0.4 is 46.0 Å². The first-order chi connectivity index (χ1) is 39.3. The highest BCUT2D eigenvalue weighted by Crippen LogP contribution is 2.65. The first-order valence-corrected chi connectivity index (χ1v) is 32.3. The molecule has 2 aromatic heterocycles. The Balaban J connectivity index is 0.680. The molecule has 440 valence electrons. The van der Waals surface area contributed by atoms with Gasteiger partial charge in [0.25, 0.3) is 13.7 Å². The van der Waals surface area contributed by atoms with E-state index < -0.39 is 54.6 Å². The molecule has 0 spiro atoms. The number of rotatable bonds is 22. The summed E-state index contributed by atoms with van der Waals surface area (Å²) in [6.07, 6.45) is 6.41. The van der Waals surface area contributed by atoms with E-state index in [9.17, 15) is 48.2 Å². The maximum absolute atomic E-state index is 14.7. The number of carbonyl (C=O) groups is 2. The lowest BCUT2D eigenvalue weighted by Gasteiger charge is -2.39.